The van der Waals surface area contributed by atoms with Crippen molar-refractivity contribution in [3.63, 3.8) is 0 Å². The standard InChI is InChI=1S/C6H15B2N3O2/c7-9-4-1-2-11(10-8)5(3-4)6(12)13/h4-5,9-10H,1-3,7-8H2,(H,12,13). The molecule has 1 aliphatic rings. The Bertz CT molecular complexity index is 193. The van der Waals surface area contributed by atoms with E-state index in [9.17, 15) is 4.79 Å². The van der Waals surface area contributed by atoms with Crippen molar-refractivity contribution in [3.8, 4) is 0 Å². The maximum absolute atomic E-state index is 10.9. The van der Waals surface area contributed by atoms with E-state index in [0.29, 0.717) is 12.5 Å². The Hall–Kier alpha value is -0.520. The molecule has 7 heteroatoms. The smallest absolute Gasteiger partial charge is 0.322 e. The summed E-state index contributed by atoms with van der Waals surface area (Å²) in [5.74, 6) is -0.755. The molecule has 3 N–H and O–H groups in total. The van der Waals surface area contributed by atoms with Crippen LogP contribution >= 0.6 is 0 Å². The number of piperidine rings is 1. The van der Waals surface area contributed by atoms with Crippen LogP contribution in [0.2, 0.25) is 0 Å². The summed E-state index contributed by atoms with van der Waals surface area (Å²) in [6.07, 6.45) is 1.65. The SMILES string of the molecule is BNC1CCN(NB)C(C(=O)O)C1. The predicted molar refractivity (Wildman–Crippen MR) is 54.5 cm³/mol. The molecule has 1 aliphatic heterocycles. The zero-order valence-corrected chi connectivity index (χ0v) is 8.08. The van der Waals surface area contributed by atoms with Gasteiger partial charge >= 0.3 is 5.97 Å². The zero-order chi connectivity index (χ0) is 9.84. The van der Waals surface area contributed by atoms with E-state index >= 15 is 0 Å². The van der Waals surface area contributed by atoms with Crippen LogP contribution in [0.3, 0.4) is 0 Å². The molecule has 1 saturated heterocycles. The molecule has 0 aromatic heterocycles. The molecule has 0 amide bonds. The first-order valence-electron chi connectivity index (χ1n) is 4.53. The Balaban J connectivity index is 2.57. The minimum absolute atomic E-state index is 0.325. The van der Waals surface area contributed by atoms with Crippen LogP contribution in [0, 0.1) is 0 Å². The quantitative estimate of drug-likeness (QED) is 0.409. The maximum Gasteiger partial charge on any atom is 0.322 e. The Morgan fingerprint density at radius 2 is 2.23 bits per heavy atom. The van der Waals surface area contributed by atoms with Gasteiger partial charge in [-0.05, 0) is 18.9 Å². The van der Waals surface area contributed by atoms with Crippen molar-refractivity contribution in [2.45, 2.75) is 24.9 Å². The van der Waals surface area contributed by atoms with Gasteiger partial charge in [-0.1, -0.05) is 0 Å². The van der Waals surface area contributed by atoms with E-state index < -0.39 is 12.0 Å². The molecule has 1 fully saturated rings. The predicted octanol–water partition coefficient (Wildman–Crippen LogP) is -2.91. The first kappa shape index (κ1) is 10.6. The van der Waals surface area contributed by atoms with Gasteiger partial charge in [0, 0.05) is 6.54 Å². The minimum atomic E-state index is -0.755. The van der Waals surface area contributed by atoms with Gasteiger partial charge in [-0.25, -0.2) is 5.01 Å². The summed E-state index contributed by atoms with van der Waals surface area (Å²) < 4.78 is 0. The summed E-state index contributed by atoms with van der Waals surface area (Å²) in [7, 11) is 3.63. The van der Waals surface area contributed by atoms with Crippen molar-refractivity contribution in [3.05, 3.63) is 0 Å². The Labute approximate surface area is 79.7 Å². The number of nitrogens with zero attached hydrogens (tertiary/aromatic N) is 1. The largest absolute Gasteiger partial charge is 0.480 e. The van der Waals surface area contributed by atoms with Crippen molar-refractivity contribution >= 4 is 21.9 Å². The summed E-state index contributed by atoms with van der Waals surface area (Å²) in [4.78, 5) is 10.9. The molecular weight excluding hydrogens is 168 g/mol. The van der Waals surface area contributed by atoms with E-state index in [4.69, 9.17) is 5.11 Å². The van der Waals surface area contributed by atoms with E-state index in [0.717, 1.165) is 13.0 Å². The normalized spacial score (nSPS) is 30.2. The highest BCUT2D eigenvalue weighted by Gasteiger charge is 2.31. The van der Waals surface area contributed by atoms with E-state index in [1.54, 1.807) is 13.0 Å². The fraction of sp³-hybridized carbons (Fsp3) is 0.833. The summed E-state index contributed by atoms with van der Waals surface area (Å²) in [5, 5.41) is 16.7. The van der Waals surface area contributed by atoms with E-state index in [1.165, 1.54) is 0 Å². The molecule has 13 heavy (non-hydrogen) atoms. The average Bonchev–Trinajstić information content (AvgIpc) is 2.16. The van der Waals surface area contributed by atoms with Crippen LogP contribution in [0.1, 0.15) is 12.8 Å². The molecule has 0 saturated carbocycles. The molecule has 0 aromatic carbocycles. The molecule has 0 spiro atoms. The summed E-state index contributed by atoms with van der Waals surface area (Å²) in [5.41, 5.74) is 0. The van der Waals surface area contributed by atoms with Crippen LogP contribution in [0.5, 0.6) is 0 Å². The molecule has 2 unspecified atom stereocenters. The molecular formula is C6H15B2N3O2. The lowest BCUT2D eigenvalue weighted by atomic mass is 9.97. The number of rotatable bonds is 3. The van der Waals surface area contributed by atoms with Crippen molar-refractivity contribution in [1.82, 2.24) is 15.6 Å². The highest BCUT2D eigenvalue weighted by atomic mass is 16.4. The molecule has 2 atom stereocenters. The van der Waals surface area contributed by atoms with Crippen molar-refractivity contribution in [2.24, 2.45) is 0 Å². The van der Waals surface area contributed by atoms with Crippen LogP contribution in [0.4, 0.5) is 0 Å². The van der Waals surface area contributed by atoms with Gasteiger partial charge in [0.1, 0.15) is 6.04 Å². The van der Waals surface area contributed by atoms with E-state index in [-0.39, 0.29) is 0 Å². The number of hydrogen-bond acceptors (Lipinski definition) is 4. The fourth-order valence-corrected chi connectivity index (χ4v) is 1.73. The number of nitrogens with one attached hydrogen (secondary N) is 2. The van der Waals surface area contributed by atoms with Gasteiger partial charge in [-0.2, -0.15) is 0 Å². The van der Waals surface area contributed by atoms with Crippen LogP contribution in [-0.2, 0) is 4.79 Å². The number of aliphatic carboxylic acids is 1. The number of hydrazine groups is 1. The van der Waals surface area contributed by atoms with Crippen molar-refractivity contribution in [1.29, 1.82) is 0 Å². The average molecular weight is 183 g/mol. The van der Waals surface area contributed by atoms with Gasteiger partial charge in [0.25, 0.3) is 0 Å². The van der Waals surface area contributed by atoms with Gasteiger partial charge in [-0.15, -0.1) is 0 Å². The first-order chi connectivity index (χ1) is 6.19. The molecule has 72 valence electrons. The molecule has 0 radical (unpaired) electrons. The lowest BCUT2D eigenvalue weighted by Crippen LogP contribution is -2.56. The summed E-state index contributed by atoms with van der Waals surface area (Å²) in [6.45, 7) is 0.777. The highest BCUT2D eigenvalue weighted by Crippen LogP contribution is 2.15. The lowest BCUT2D eigenvalue weighted by Gasteiger charge is -2.36. The second-order valence-electron chi connectivity index (χ2n) is 3.28. The third-order valence-electron chi connectivity index (χ3n) is 2.58. The number of carboxylic acid groups (broad SMARTS) is 1. The van der Waals surface area contributed by atoms with Crippen molar-refractivity contribution in [2.75, 3.05) is 6.54 Å². The van der Waals surface area contributed by atoms with Crippen LogP contribution in [-0.4, -0.2) is 50.7 Å². The second kappa shape index (κ2) is 4.64. The van der Waals surface area contributed by atoms with E-state index in [2.05, 4.69) is 10.6 Å². The van der Waals surface area contributed by atoms with Gasteiger partial charge in [0.2, 0.25) is 7.98 Å². The second-order valence-corrected chi connectivity index (χ2v) is 3.28. The zero-order valence-electron chi connectivity index (χ0n) is 8.08. The Morgan fingerprint density at radius 3 is 2.69 bits per heavy atom. The first-order valence-corrected chi connectivity index (χ1v) is 4.53. The molecule has 0 bridgehead atoms. The monoisotopic (exact) mass is 183 g/mol. The molecule has 0 aliphatic carbocycles. The molecule has 1 heterocycles. The minimum Gasteiger partial charge on any atom is -0.480 e. The number of carbonyl (C=O) groups is 1. The van der Waals surface area contributed by atoms with Crippen molar-refractivity contribution < 1.29 is 9.90 Å². The third kappa shape index (κ3) is 2.46. The van der Waals surface area contributed by atoms with E-state index in [1.807, 2.05) is 7.98 Å². The Morgan fingerprint density at radius 1 is 1.54 bits per heavy atom. The highest BCUT2D eigenvalue weighted by molar-refractivity contribution is 6.04. The third-order valence-corrected chi connectivity index (χ3v) is 2.58. The summed E-state index contributed by atoms with van der Waals surface area (Å²) >= 11 is 0. The molecule has 1 rings (SSSR count). The van der Waals surface area contributed by atoms with Crippen LogP contribution in [0.25, 0.3) is 0 Å². The lowest BCUT2D eigenvalue weighted by molar-refractivity contribution is -0.145. The van der Waals surface area contributed by atoms with Crippen LogP contribution in [0.15, 0.2) is 0 Å². The van der Waals surface area contributed by atoms with Gasteiger partial charge < -0.3 is 15.7 Å². The van der Waals surface area contributed by atoms with Gasteiger partial charge in [-0.3, -0.25) is 4.79 Å². The maximum atomic E-state index is 10.9. The van der Waals surface area contributed by atoms with Gasteiger partial charge in [0.15, 0.2) is 7.98 Å². The summed E-state index contributed by atoms with van der Waals surface area (Å²) in [6, 6.07) is -0.0816. The number of carboxylic acids is 1. The van der Waals surface area contributed by atoms with Crippen LogP contribution < -0.4 is 10.6 Å². The van der Waals surface area contributed by atoms with Gasteiger partial charge in [0.05, 0.1) is 0 Å². The Kier molecular flexibility index (Phi) is 3.77. The molecule has 0 aromatic rings. The topological polar surface area (TPSA) is 64.6 Å². The fourth-order valence-electron chi connectivity index (χ4n) is 1.73. The molecule has 5 nitrogen and oxygen atoms in total. The number of hydrogen-bond donors (Lipinski definition) is 3.